The van der Waals surface area contributed by atoms with E-state index in [0.29, 0.717) is 30.3 Å². The average molecular weight is 311 g/mol. The normalized spacial score (nSPS) is 15.2. The molecule has 1 aromatic carbocycles. The summed E-state index contributed by atoms with van der Waals surface area (Å²) in [7, 11) is 0. The first-order valence-corrected chi connectivity index (χ1v) is 7.38. The van der Waals surface area contributed by atoms with Crippen molar-refractivity contribution in [2.24, 2.45) is 0 Å². The number of rotatable bonds is 2. The van der Waals surface area contributed by atoms with Crippen LogP contribution in [0.25, 0.3) is 0 Å². The van der Waals surface area contributed by atoms with E-state index in [1.807, 2.05) is 10.6 Å². The van der Waals surface area contributed by atoms with Crippen molar-refractivity contribution in [2.75, 3.05) is 24.1 Å². The van der Waals surface area contributed by atoms with Crippen LogP contribution in [0, 0.1) is 11.3 Å². The second kappa shape index (κ2) is 6.36. The maximum atomic E-state index is 12.3. The number of piperidine rings is 1. The highest BCUT2D eigenvalue weighted by Gasteiger charge is 2.24. The van der Waals surface area contributed by atoms with E-state index in [2.05, 4.69) is 15.5 Å². The highest BCUT2D eigenvalue weighted by Crippen LogP contribution is 2.24. The number of hydrogen-bond donors (Lipinski definition) is 2. The molecular formula is C15H17N7O. The molecule has 1 fully saturated rings. The standard InChI is InChI=1S/C15H17N7O/c16-9-11-1-3-12(4-2-11)19-15(23)21-7-5-13(6-8-21)22-10-18-20-14(22)17/h1-4,10,13H,5-8H2,(H2,17,20)(H,19,23). The number of nitrogen functional groups attached to an aromatic ring is 1. The second-order valence-corrected chi connectivity index (χ2v) is 5.43. The number of hydrogen-bond acceptors (Lipinski definition) is 5. The van der Waals surface area contributed by atoms with Crippen molar-refractivity contribution >= 4 is 17.7 Å². The van der Waals surface area contributed by atoms with Crippen molar-refractivity contribution in [2.45, 2.75) is 18.9 Å². The third-order valence-corrected chi connectivity index (χ3v) is 4.01. The van der Waals surface area contributed by atoms with Gasteiger partial charge in [-0.2, -0.15) is 5.26 Å². The minimum Gasteiger partial charge on any atom is -0.368 e. The molecule has 0 radical (unpaired) electrons. The van der Waals surface area contributed by atoms with Gasteiger partial charge in [0.25, 0.3) is 0 Å². The molecule has 8 heteroatoms. The number of aromatic nitrogens is 3. The lowest BCUT2D eigenvalue weighted by Crippen LogP contribution is -2.41. The molecule has 0 saturated carbocycles. The van der Waals surface area contributed by atoms with E-state index in [0.717, 1.165) is 12.8 Å². The summed E-state index contributed by atoms with van der Waals surface area (Å²) in [6.07, 6.45) is 3.25. The minimum absolute atomic E-state index is 0.134. The number of amides is 2. The smallest absolute Gasteiger partial charge is 0.321 e. The summed E-state index contributed by atoms with van der Waals surface area (Å²) < 4.78 is 1.86. The molecule has 3 N–H and O–H groups in total. The first-order chi connectivity index (χ1) is 11.2. The van der Waals surface area contributed by atoms with Crippen LogP contribution in [-0.2, 0) is 0 Å². The van der Waals surface area contributed by atoms with Gasteiger partial charge in [-0.3, -0.25) is 4.57 Å². The Balaban J connectivity index is 1.55. The van der Waals surface area contributed by atoms with Crippen LogP contribution in [0.1, 0.15) is 24.4 Å². The number of nitrogens with two attached hydrogens (primary N) is 1. The van der Waals surface area contributed by atoms with Crippen LogP contribution in [0.4, 0.5) is 16.4 Å². The lowest BCUT2D eigenvalue weighted by molar-refractivity contribution is 0.184. The predicted molar refractivity (Wildman–Crippen MR) is 84.5 cm³/mol. The van der Waals surface area contributed by atoms with Gasteiger partial charge in [-0.1, -0.05) is 0 Å². The molecule has 1 saturated heterocycles. The maximum absolute atomic E-state index is 12.3. The quantitative estimate of drug-likeness (QED) is 0.874. The Labute approximate surface area is 133 Å². The molecule has 118 valence electrons. The molecule has 0 unspecified atom stereocenters. The summed E-state index contributed by atoms with van der Waals surface area (Å²) >= 11 is 0. The van der Waals surface area contributed by atoms with E-state index in [4.69, 9.17) is 11.0 Å². The van der Waals surface area contributed by atoms with Gasteiger partial charge in [0.15, 0.2) is 0 Å². The molecule has 2 amide bonds. The number of carbonyl (C=O) groups is 1. The Bertz CT molecular complexity index is 723. The molecule has 2 aromatic rings. The van der Waals surface area contributed by atoms with Crippen molar-refractivity contribution < 1.29 is 4.79 Å². The van der Waals surface area contributed by atoms with Crippen LogP contribution < -0.4 is 11.1 Å². The van der Waals surface area contributed by atoms with Crippen LogP contribution in [0.15, 0.2) is 30.6 Å². The van der Waals surface area contributed by atoms with Gasteiger partial charge in [-0.15, -0.1) is 10.2 Å². The molecule has 3 rings (SSSR count). The van der Waals surface area contributed by atoms with Crippen LogP contribution >= 0.6 is 0 Å². The van der Waals surface area contributed by atoms with Gasteiger partial charge in [-0.25, -0.2) is 4.79 Å². The summed E-state index contributed by atoms with van der Waals surface area (Å²) in [5.74, 6) is 0.408. The number of urea groups is 1. The van der Waals surface area contributed by atoms with Gasteiger partial charge < -0.3 is 16.0 Å². The molecule has 8 nitrogen and oxygen atoms in total. The number of carbonyl (C=O) groups excluding carboxylic acids is 1. The first-order valence-electron chi connectivity index (χ1n) is 7.38. The van der Waals surface area contributed by atoms with Crippen LogP contribution in [0.5, 0.6) is 0 Å². The molecule has 1 aromatic heterocycles. The van der Waals surface area contributed by atoms with E-state index >= 15 is 0 Å². The molecule has 0 atom stereocenters. The second-order valence-electron chi connectivity index (χ2n) is 5.43. The fraction of sp³-hybridized carbons (Fsp3) is 0.333. The summed E-state index contributed by atoms with van der Waals surface area (Å²) in [5, 5.41) is 19.2. The van der Waals surface area contributed by atoms with Crippen molar-refractivity contribution in [3.8, 4) is 6.07 Å². The van der Waals surface area contributed by atoms with E-state index in [-0.39, 0.29) is 12.1 Å². The van der Waals surface area contributed by atoms with E-state index in [9.17, 15) is 4.79 Å². The molecule has 23 heavy (non-hydrogen) atoms. The van der Waals surface area contributed by atoms with Crippen molar-refractivity contribution in [3.63, 3.8) is 0 Å². The SMILES string of the molecule is N#Cc1ccc(NC(=O)N2CCC(n3cnnc3N)CC2)cc1. The van der Waals surface area contributed by atoms with Gasteiger partial charge in [0.2, 0.25) is 5.95 Å². The zero-order valence-electron chi connectivity index (χ0n) is 12.5. The van der Waals surface area contributed by atoms with Gasteiger partial charge in [0, 0.05) is 24.8 Å². The third kappa shape index (κ3) is 3.23. The first kappa shape index (κ1) is 14.8. The fourth-order valence-corrected chi connectivity index (χ4v) is 2.71. The number of benzene rings is 1. The van der Waals surface area contributed by atoms with Crippen molar-refractivity contribution in [1.82, 2.24) is 19.7 Å². The molecule has 2 heterocycles. The van der Waals surface area contributed by atoms with E-state index in [1.165, 1.54) is 0 Å². The van der Waals surface area contributed by atoms with E-state index < -0.39 is 0 Å². The monoisotopic (exact) mass is 311 g/mol. The lowest BCUT2D eigenvalue weighted by Gasteiger charge is -2.32. The number of nitrogens with one attached hydrogen (secondary N) is 1. The molecule has 0 spiro atoms. The Kier molecular flexibility index (Phi) is 4.10. The van der Waals surface area contributed by atoms with Gasteiger partial charge in [0.1, 0.15) is 6.33 Å². The zero-order valence-corrected chi connectivity index (χ0v) is 12.5. The molecule has 1 aliphatic heterocycles. The minimum atomic E-state index is -0.134. The summed E-state index contributed by atoms with van der Waals surface area (Å²) in [5.41, 5.74) is 7.01. The highest BCUT2D eigenvalue weighted by molar-refractivity contribution is 5.89. The van der Waals surface area contributed by atoms with Gasteiger partial charge >= 0.3 is 6.03 Å². The number of likely N-dealkylation sites (tertiary alicyclic amines) is 1. The third-order valence-electron chi connectivity index (χ3n) is 4.01. The number of nitriles is 1. The molecular weight excluding hydrogens is 294 g/mol. The highest BCUT2D eigenvalue weighted by atomic mass is 16.2. The topological polar surface area (TPSA) is 113 Å². The molecule has 1 aliphatic rings. The largest absolute Gasteiger partial charge is 0.368 e. The van der Waals surface area contributed by atoms with Crippen LogP contribution in [0.3, 0.4) is 0 Å². The summed E-state index contributed by atoms with van der Waals surface area (Å²) in [4.78, 5) is 14.0. The number of anilines is 2. The van der Waals surface area contributed by atoms with Gasteiger partial charge in [-0.05, 0) is 37.1 Å². The zero-order chi connectivity index (χ0) is 16.2. The van der Waals surface area contributed by atoms with Crippen LogP contribution in [0.2, 0.25) is 0 Å². The lowest BCUT2D eigenvalue weighted by atomic mass is 10.1. The fourth-order valence-electron chi connectivity index (χ4n) is 2.71. The Morgan fingerprint density at radius 2 is 2.00 bits per heavy atom. The predicted octanol–water partition coefficient (Wildman–Crippen LogP) is 1.60. The number of nitrogens with zero attached hydrogens (tertiary/aromatic N) is 5. The Morgan fingerprint density at radius 1 is 1.30 bits per heavy atom. The van der Waals surface area contributed by atoms with Crippen molar-refractivity contribution in [3.05, 3.63) is 36.2 Å². The van der Waals surface area contributed by atoms with E-state index in [1.54, 1.807) is 35.5 Å². The summed E-state index contributed by atoms with van der Waals surface area (Å²) in [6.45, 7) is 1.29. The maximum Gasteiger partial charge on any atom is 0.321 e. The van der Waals surface area contributed by atoms with Gasteiger partial charge in [0.05, 0.1) is 11.6 Å². The Morgan fingerprint density at radius 3 is 2.57 bits per heavy atom. The van der Waals surface area contributed by atoms with Crippen molar-refractivity contribution in [1.29, 1.82) is 5.26 Å². The summed E-state index contributed by atoms with van der Waals surface area (Å²) in [6, 6.07) is 8.94. The van der Waals surface area contributed by atoms with Crippen LogP contribution in [-0.4, -0.2) is 38.8 Å². The molecule has 0 aliphatic carbocycles. The molecule has 0 bridgehead atoms. The average Bonchev–Trinajstić information content (AvgIpc) is 3.02. The Hall–Kier alpha value is -3.08.